The number of benzene rings is 2. The lowest BCUT2D eigenvalue weighted by Gasteiger charge is -2.33. The molecule has 0 spiro atoms. The van der Waals surface area contributed by atoms with Gasteiger partial charge in [-0.15, -0.1) is 0 Å². The van der Waals surface area contributed by atoms with Gasteiger partial charge in [-0.1, -0.05) is 36.4 Å². The van der Waals surface area contributed by atoms with Crippen LogP contribution in [-0.4, -0.2) is 35.9 Å². The number of aromatic nitrogens is 2. The quantitative estimate of drug-likeness (QED) is 0.580. The van der Waals surface area contributed by atoms with E-state index in [2.05, 4.69) is 4.98 Å². The minimum atomic E-state index is -3.55. The van der Waals surface area contributed by atoms with Crippen molar-refractivity contribution in [3.05, 3.63) is 82.8 Å². The summed E-state index contributed by atoms with van der Waals surface area (Å²) in [5.41, 5.74) is 3.56. The van der Waals surface area contributed by atoms with Crippen LogP contribution in [0.3, 0.4) is 0 Å². The number of sulfonamides is 1. The van der Waals surface area contributed by atoms with Gasteiger partial charge in [0.25, 0.3) is 0 Å². The molecule has 1 aliphatic heterocycles. The minimum Gasteiger partial charge on any atom is -0.495 e. The highest BCUT2D eigenvalue weighted by atomic mass is 32.2. The molecular formula is C24H27N3O3S. The Bertz CT molecular complexity index is 1200. The Kier molecular flexibility index (Phi) is 5.98. The molecule has 0 N–H and O–H groups in total. The molecule has 6 nitrogen and oxygen atoms in total. The second-order valence-corrected chi connectivity index (χ2v) is 9.71. The zero-order chi connectivity index (χ0) is 22.0. The maximum absolute atomic E-state index is 13.4. The van der Waals surface area contributed by atoms with Gasteiger partial charge in [0.05, 0.1) is 29.7 Å². The van der Waals surface area contributed by atoms with Crippen molar-refractivity contribution >= 4 is 16.1 Å². The highest BCUT2D eigenvalue weighted by molar-refractivity contribution is 7.93. The average molecular weight is 438 g/mol. The molecule has 1 fully saturated rings. The van der Waals surface area contributed by atoms with E-state index >= 15 is 0 Å². The summed E-state index contributed by atoms with van der Waals surface area (Å²) in [7, 11) is -1.94. The fourth-order valence-electron chi connectivity index (χ4n) is 3.99. The molecule has 0 radical (unpaired) electrons. The van der Waals surface area contributed by atoms with E-state index in [-0.39, 0.29) is 6.04 Å². The second-order valence-electron chi connectivity index (χ2n) is 7.77. The van der Waals surface area contributed by atoms with Crippen LogP contribution in [-0.2, 0) is 10.0 Å². The largest absolute Gasteiger partial charge is 0.495 e. The summed E-state index contributed by atoms with van der Waals surface area (Å²) in [6.45, 7) is 4.40. The summed E-state index contributed by atoms with van der Waals surface area (Å²) < 4.78 is 35.9. The Balaban J connectivity index is 1.66. The summed E-state index contributed by atoms with van der Waals surface area (Å²) in [6, 6.07) is 15.3. The van der Waals surface area contributed by atoms with Gasteiger partial charge in [0, 0.05) is 18.8 Å². The first-order valence-electron chi connectivity index (χ1n) is 10.4. The summed E-state index contributed by atoms with van der Waals surface area (Å²) >= 11 is 0. The smallest absolute Gasteiger partial charge is 0.239 e. The molecule has 1 saturated heterocycles. The van der Waals surface area contributed by atoms with Crippen molar-refractivity contribution in [1.82, 2.24) is 13.9 Å². The fourth-order valence-corrected chi connectivity index (χ4v) is 5.89. The van der Waals surface area contributed by atoms with Crippen molar-refractivity contribution < 1.29 is 13.2 Å². The number of hydrogen-bond donors (Lipinski definition) is 0. The van der Waals surface area contributed by atoms with Crippen LogP contribution in [0, 0.1) is 6.92 Å². The Morgan fingerprint density at radius 1 is 1.16 bits per heavy atom. The van der Waals surface area contributed by atoms with Gasteiger partial charge < -0.3 is 9.30 Å². The molecule has 0 unspecified atom stereocenters. The number of allylic oxidation sites excluding steroid dienone is 1. The molecule has 162 valence electrons. The monoisotopic (exact) mass is 437 g/mol. The van der Waals surface area contributed by atoms with Crippen LogP contribution in [0.4, 0.5) is 0 Å². The normalized spacial score (nSPS) is 18.7. The van der Waals surface area contributed by atoms with Crippen LogP contribution in [0.5, 0.6) is 5.75 Å². The molecule has 2 heterocycles. The van der Waals surface area contributed by atoms with Gasteiger partial charge in [-0.25, -0.2) is 13.4 Å². The number of rotatable bonds is 5. The zero-order valence-electron chi connectivity index (χ0n) is 18.0. The molecule has 0 saturated carbocycles. The first-order valence-corrected chi connectivity index (χ1v) is 11.8. The number of nitrogens with zero attached hydrogens (tertiary/aromatic N) is 3. The molecule has 31 heavy (non-hydrogen) atoms. The fraction of sp³-hybridized carbons (Fsp3) is 0.292. The van der Waals surface area contributed by atoms with E-state index < -0.39 is 10.0 Å². The Morgan fingerprint density at radius 2 is 1.94 bits per heavy atom. The first-order chi connectivity index (χ1) is 14.9. The van der Waals surface area contributed by atoms with Crippen LogP contribution in [0.2, 0.25) is 0 Å². The number of hydrogen-bond acceptors (Lipinski definition) is 4. The molecule has 7 heteroatoms. The van der Waals surface area contributed by atoms with Crippen molar-refractivity contribution in [2.24, 2.45) is 0 Å². The third-order valence-electron chi connectivity index (χ3n) is 5.68. The topological polar surface area (TPSA) is 64.4 Å². The minimum absolute atomic E-state index is 0.212. The standard InChI is InChI=1S/C24H27N3O3S/c1-18-16-26(17-25-18)23-12-11-20(15-24(23)30-3)14-22-10-7-13-27(31(22,28)29)19(2)21-8-5-4-6-9-21/h4-6,8-9,11-12,14-17,19H,7,10,13H2,1-3H3/b22-14+/t19-/m1/s1. The van der Waals surface area contributed by atoms with Crippen LogP contribution in [0.1, 0.15) is 42.6 Å². The molecule has 1 aromatic heterocycles. The molecule has 4 rings (SSSR count). The van der Waals surface area contributed by atoms with Crippen LogP contribution >= 0.6 is 0 Å². The summed E-state index contributed by atoms with van der Waals surface area (Å²) in [5, 5.41) is 0. The van der Waals surface area contributed by atoms with Crippen LogP contribution < -0.4 is 4.74 Å². The Morgan fingerprint density at radius 3 is 2.61 bits per heavy atom. The Hall–Kier alpha value is -2.90. The van der Waals surface area contributed by atoms with E-state index in [1.165, 1.54) is 0 Å². The summed E-state index contributed by atoms with van der Waals surface area (Å²) in [4.78, 5) is 4.70. The molecule has 0 bridgehead atoms. The average Bonchev–Trinajstić information content (AvgIpc) is 3.21. The lowest BCUT2D eigenvalue weighted by Crippen LogP contribution is -2.38. The van der Waals surface area contributed by atoms with Crippen molar-refractivity contribution in [3.63, 3.8) is 0 Å². The SMILES string of the molecule is COc1cc(/C=C2\CCCN([C@H](C)c3ccccc3)S2(=O)=O)ccc1-n1cnc(C)c1. The maximum Gasteiger partial charge on any atom is 0.239 e. The molecular weight excluding hydrogens is 410 g/mol. The predicted octanol–water partition coefficient (Wildman–Crippen LogP) is 4.72. The lowest BCUT2D eigenvalue weighted by molar-refractivity contribution is 0.330. The number of aryl methyl sites for hydroxylation is 1. The van der Waals surface area contributed by atoms with Crippen molar-refractivity contribution in [2.45, 2.75) is 32.7 Å². The second kappa shape index (κ2) is 8.69. The van der Waals surface area contributed by atoms with Gasteiger partial charge in [-0.3, -0.25) is 0 Å². The van der Waals surface area contributed by atoms with E-state index in [1.807, 2.05) is 73.1 Å². The van der Waals surface area contributed by atoms with Gasteiger partial charge in [-0.2, -0.15) is 4.31 Å². The number of ether oxygens (including phenoxy) is 1. The highest BCUT2D eigenvalue weighted by Gasteiger charge is 2.34. The van der Waals surface area contributed by atoms with Crippen LogP contribution in [0.25, 0.3) is 11.8 Å². The molecule has 0 aliphatic carbocycles. The van der Waals surface area contributed by atoms with Gasteiger partial charge in [0.15, 0.2) is 0 Å². The Labute approximate surface area is 183 Å². The molecule has 3 aromatic rings. The summed E-state index contributed by atoms with van der Waals surface area (Å²) in [6.07, 6.45) is 6.76. The maximum atomic E-state index is 13.4. The highest BCUT2D eigenvalue weighted by Crippen LogP contribution is 2.34. The number of methoxy groups -OCH3 is 1. The van der Waals surface area contributed by atoms with Crippen molar-refractivity contribution in [1.29, 1.82) is 0 Å². The van der Waals surface area contributed by atoms with Crippen molar-refractivity contribution in [2.75, 3.05) is 13.7 Å². The van der Waals surface area contributed by atoms with E-state index in [9.17, 15) is 8.42 Å². The van der Waals surface area contributed by atoms with Crippen LogP contribution in [0.15, 0.2) is 66.0 Å². The predicted molar refractivity (Wildman–Crippen MR) is 123 cm³/mol. The number of imidazole rings is 1. The molecule has 0 amide bonds. The van der Waals surface area contributed by atoms with Gasteiger partial charge >= 0.3 is 0 Å². The van der Waals surface area contributed by atoms with Gasteiger partial charge in [0.2, 0.25) is 10.0 Å². The molecule has 1 atom stereocenters. The molecule has 2 aromatic carbocycles. The van der Waals surface area contributed by atoms with E-state index in [0.717, 1.165) is 28.9 Å². The zero-order valence-corrected chi connectivity index (χ0v) is 18.8. The van der Waals surface area contributed by atoms with Gasteiger partial charge in [-0.05, 0) is 56.0 Å². The van der Waals surface area contributed by atoms with E-state index in [4.69, 9.17) is 4.74 Å². The van der Waals surface area contributed by atoms with Crippen molar-refractivity contribution in [3.8, 4) is 11.4 Å². The summed E-state index contributed by atoms with van der Waals surface area (Å²) in [5.74, 6) is 0.662. The van der Waals surface area contributed by atoms with Gasteiger partial charge in [0.1, 0.15) is 5.75 Å². The van der Waals surface area contributed by atoms with E-state index in [0.29, 0.717) is 23.6 Å². The lowest BCUT2D eigenvalue weighted by atomic mass is 10.1. The third kappa shape index (κ3) is 4.29. The third-order valence-corrected chi connectivity index (χ3v) is 7.78. The van der Waals surface area contributed by atoms with E-state index in [1.54, 1.807) is 23.8 Å². The molecule has 1 aliphatic rings. The first kappa shape index (κ1) is 21.3.